The molecular weight excluding hydrogens is 532 g/mol. The topological polar surface area (TPSA) is 79.7 Å². The summed E-state index contributed by atoms with van der Waals surface area (Å²) in [5.74, 6) is 0.941. The zero-order valence-electron chi connectivity index (χ0n) is 24.4. The molecule has 43 heavy (non-hydrogen) atoms. The number of hydrogen-bond donors (Lipinski definition) is 1. The molecule has 0 bridgehead atoms. The van der Waals surface area contributed by atoms with Crippen LogP contribution in [-0.2, 0) is 13.0 Å². The van der Waals surface area contributed by atoms with Crippen molar-refractivity contribution in [1.29, 1.82) is 0 Å². The van der Waals surface area contributed by atoms with Gasteiger partial charge < -0.3 is 14.5 Å². The average Bonchev–Trinajstić information content (AvgIpc) is 3.41. The third-order valence-corrected chi connectivity index (χ3v) is 8.56. The summed E-state index contributed by atoms with van der Waals surface area (Å²) in [4.78, 5) is 32.8. The highest BCUT2D eigenvalue weighted by Gasteiger charge is 2.16. The number of aryl methyl sites for hydroxylation is 1. The van der Waals surface area contributed by atoms with Crippen LogP contribution in [0.1, 0.15) is 43.4 Å². The van der Waals surface area contributed by atoms with E-state index in [4.69, 9.17) is 9.97 Å². The molecule has 0 saturated carbocycles. The maximum absolute atomic E-state index is 13.0. The van der Waals surface area contributed by atoms with Crippen molar-refractivity contribution >= 4 is 22.1 Å². The number of aromatic amines is 1. The van der Waals surface area contributed by atoms with Gasteiger partial charge in [-0.15, -0.1) is 0 Å². The van der Waals surface area contributed by atoms with E-state index in [-0.39, 0.29) is 5.56 Å². The number of imidazole rings is 1. The predicted molar refractivity (Wildman–Crippen MR) is 173 cm³/mol. The highest BCUT2D eigenvalue weighted by Crippen LogP contribution is 2.30. The molecule has 7 heteroatoms. The fourth-order valence-electron chi connectivity index (χ4n) is 6.24. The lowest BCUT2D eigenvalue weighted by molar-refractivity contribution is 0.224. The van der Waals surface area contributed by atoms with Crippen molar-refractivity contribution in [2.45, 2.75) is 45.1 Å². The minimum Gasteiger partial charge on any atom is -0.324 e. The van der Waals surface area contributed by atoms with Crippen LogP contribution in [0.5, 0.6) is 0 Å². The van der Waals surface area contributed by atoms with E-state index in [0.717, 1.165) is 70.6 Å². The number of aromatic nitrogens is 5. The van der Waals surface area contributed by atoms with Gasteiger partial charge in [-0.25, -0.2) is 9.97 Å². The lowest BCUT2D eigenvalue weighted by Gasteiger charge is -2.26. The van der Waals surface area contributed by atoms with Crippen molar-refractivity contribution in [2.24, 2.45) is 0 Å². The molecule has 4 heterocycles. The third-order valence-electron chi connectivity index (χ3n) is 8.56. The van der Waals surface area contributed by atoms with Gasteiger partial charge in [-0.05, 0) is 86.3 Å². The van der Waals surface area contributed by atoms with Crippen LogP contribution < -0.4 is 5.56 Å². The van der Waals surface area contributed by atoms with Crippen LogP contribution in [0.2, 0.25) is 0 Å². The second-order valence-corrected chi connectivity index (χ2v) is 11.5. The van der Waals surface area contributed by atoms with Crippen molar-refractivity contribution in [1.82, 2.24) is 29.4 Å². The van der Waals surface area contributed by atoms with Crippen LogP contribution in [-0.4, -0.2) is 49.0 Å². The van der Waals surface area contributed by atoms with Crippen molar-refractivity contribution < 1.29 is 0 Å². The summed E-state index contributed by atoms with van der Waals surface area (Å²) in [6.45, 7) is 4.48. The van der Waals surface area contributed by atoms with Crippen LogP contribution in [0.15, 0.2) is 96.1 Å². The number of unbranched alkanes of at least 4 members (excludes halogenated alkanes) is 1. The van der Waals surface area contributed by atoms with Gasteiger partial charge in [-0.3, -0.25) is 9.78 Å². The van der Waals surface area contributed by atoms with Gasteiger partial charge in [0.1, 0.15) is 11.5 Å². The molecule has 0 amide bonds. The number of benzene rings is 3. The standard InChI is InChI=1S/C36H36N6O/c43-36-33(23-26-9-3-1-4-10-26)38-31-25-34-32(24-30(31)40-36)39-35(42(34)22-8-7-21-41-19-5-2-6-20-41)29-13-11-27(12-14-29)28-15-17-37-18-16-28/h1,3-4,9-18,24-25H,2,5-8,19-23H2,(H,40,43). The van der Waals surface area contributed by atoms with Gasteiger partial charge in [-0.1, -0.05) is 61.0 Å². The maximum Gasteiger partial charge on any atom is 0.270 e. The van der Waals surface area contributed by atoms with Gasteiger partial charge in [0.25, 0.3) is 5.56 Å². The molecule has 0 spiro atoms. The molecule has 1 fully saturated rings. The lowest BCUT2D eigenvalue weighted by Crippen LogP contribution is -2.30. The first-order chi connectivity index (χ1) is 21.2. The molecule has 1 aliphatic heterocycles. The third kappa shape index (κ3) is 5.99. The Morgan fingerprint density at radius 1 is 0.721 bits per heavy atom. The van der Waals surface area contributed by atoms with Crippen LogP contribution >= 0.6 is 0 Å². The Morgan fingerprint density at radius 2 is 1.44 bits per heavy atom. The Hall–Kier alpha value is -4.62. The number of pyridine rings is 1. The molecule has 7 rings (SSSR count). The van der Waals surface area contributed by atoms with E-state index in [9.17, 15) is 4.79 Å². The summed E-state index contributed by atoms with van der Waals surface area (Å²) in [5, 5.41) is 0. The number of piperidine rings is 1. The molecule has 0 aliphatic carbocycles. The first-order valence-electron chi connectivity index (χ1n) is 15.4. The van der Waals surface area contributed by atoms with Crippen LogP contribution in [0.25, 0.3) is 44.6 Å². The monoisotopic (exact) mass is 568 g/mol. The molecule has 3 aromatic heterocycles. The van der Waals surface area contributed by atoms with Crippen LogP contribution in [0.4, 0.5) is 0 Å². The van der Waals surface area contributed by atoms with E-state index in [1.165, 1.54) is 32.4 Å². The first-order valence-corrected chi connectivity index (χ1v) is 15.4. The highest BCUT2D eigenvalue weighted by atomic mass is 16.1. The minimum atomic E-state index is -0.153. The SMILES string of the molecule is O=c1[nH]c2cc3nc(-c4ccc(-c5ccncc5)cc4)n(CCCCN4CCCCC4)c3cc2nc1Cc1ccccc1. The number of rotatable bonds is 9. The highest BCUT2D eigenvalue weighted by molar-refractivity contribution is 5.93. The summed E-state index contributed by atoms with van der Waals surface area (Å²) < 4.78 is 2.34. The van der Waals surface area contributed by atoms with Gasteiger partial charge in [-0.2, -0.15) is 0 Å². The Balaban J connectivity index is 1.24. The lowest BCUT2D eigenvalue weighted by atomic mass is 10.0. The van der Waals surface area contributed by atoms with E-state index in [0.29, 0.717) is 17.6 Å². The number of fused-ring (bicyclic) bond motifs is 2. The Kier molecular flexibility index (Phi) is 7.80. The zero-order chi connectivity index (χ0) is 29.0. The van der Waals surface area contributed by atoms with E-state index in [1.807, 2.05) is 60.9 Å². The normalized spacial score (nSPS) is 14.0. The second kappa shape index (κ2) is 12.3. The molecule has 1 aliphatic rings. The van der Waals surface area contributed by atoms with Crippen LogP contribution in [0, 0.1) is 0 Å². The van der Waals surface area contributed by atoms with E-state index < -0.39 is 0 Å². The smallest absolute Gasteiger partial charge is 0.270 e. The maximum atomic E-state index is 13.0. The zero-order valence-corrected chi connectivity index (χ0v) is 24.4. The molecule has 0 radical (unpaired) electrons. The summed E-state index contributed by atoms with van der Waals surface area (Å²) in [6.07, 6.45) is 10.4. The minimum absolute atomic E-state index is 0.153. The average molecular weight is 569 g/mol. The van der Waals surface area contributed by atoms with Gasteiger partial charge in [0.2, 0.25) is 0 Å². The molecule has 7 nitrogen and oxygen atoms in total. The Morgan fingerprint density at radius 3 is 2.23 bits per heavy atom. The quantitative estimate of drug-likeness (QED) is 0.193. The Labute approximate surface area is 251 Å². The first kappa shape index (κ1) is 27.2. The summed E-state index contributed by atoms with van der Waals surface area (Å²) >= 11 is 0. The fraction of sp³-hybridized carbons (Fsp3) is 0.278. The van der Waals surface area contributed by atoms with Crippen molar-refractivity contribution in [3.8, 4) is 22.5 Å². The summed E-state index contributed by atoms with van der Waals surface area (Å²) in [6, 6.07) is 26.7. The Bertz CT molecular complexity index is 1890. The number of nitrogens with one attached hydrogen (secondary N) is 1. The van der Waals surface area contributed by atoms with Crippen molar-refractivity contribution in [2.75, 3.05) is 19.6 Å². The van der Waals surface area contributed by atoms with E-state index >= 15 is 0 Å². The van der Waals surface area contributed by atoms with Gasteiger partial charge in [0.15, 0.2) is 0 Å². The predicted octanol–water partition coefficient (Wildman–Crippen LogP) is 6.86. The molecule has 0 unspecified atom stereocenters. The second-order valence-electron chi connectivity index (χ2n) is 11.5. The number of H-pyrrole nitrogens is 1. The molecule has 0 atom stereocenters. The van der Waals surface area contributed by atoms with Gasteiger partial charge in [0, 0.05) is 30.9 Å². The number of likely N-dealkylation sites (tertiary alicyclic amines) is 1. The molecule has 6 aromatic rings. The van der Waals surface area contributed by atoms with Gasteiger partial charge >= 0.3 is 0 Å². The van der Waals surface area contributed by atoms with Crippen LogP contribution in [0.3, 0.4) is 0 Å². The molecule has 216 valence electrons. The molecule has 1 N–H and O–H groups in total. The summed E-state index contributed by atoms with van der Waals surface area (Å²) in [7, 11) is 0. The van der Waals surface area contributed by atoms with E-state index in [2.05, 4.69) is 49.8 Å². The summed E-state index contributed by atoms with van der Waals surface area (Å²) in [5.41, 5.74) is 8.20. The number of nitrogens with zero attached hydrogens (tertiary/aromatic N) is 5. The molecule has 3 aromatic carbocycles. The largest absolute Gasteiger partial charge is 0.324 e. The molecular formula is C36H36N6O. The molecule has 1 saturated heterocycles. The van der Waals surface area contributed by atoms with E-state index in [1.54, 1.807) is 0 Å². The number of hydrogen-bond acceptors (Lipinski definition) is 5. The van der Waals surface area contributed by atoms with Crippen molar-refractivity contribution in [3.05, 3.63) is 113 Å². The van der Waals surface area contributed by atoms with Gasteiger partial charge in [0.05, 0.1) is 22.1 Å². The van der Waals surface area contributed by atoms with Crippen molar-refractivity contribution in [3.63, 3.8) is 0 Å². The fourth-order valence-corrected chi connectivity index (χ4v) is 6.24.